The van der Waals surface area contributed by atoms with Crippen molar-refractivity contribution in [2.45, 2.75) is 12.5 Å². The third-order valence-corrected chi connectivity index (χ3v) is 8.61. The Kier molecular flexibility index (Phi) is 8.69. The summed E-state index contributed by atoms with van der Waals surface area (Å²) in [6, 6.07) is 11.9. The van der Waals surface area contributed by atoms with Crippen LogP contribution in [-0.4, -0.2) is 56.7 Å². The van der Waals surface area contributed by atoms with Crippen LogP contribution in [0.15, 0.2) is 61.1 Å². The van der Waals surface area contributed by atoms with E-state index >= 15 is 0 Å². The zero-order chi connectivity index (χ0) is 29.9. The van der Waals surface area contributed by atoms with Crippen molar-refractivity contribution >= 4 is 32.8 Å². The van der Waals surface area contributed by atoms with Gasteiger partial charge in [0.1, 0.15) is 28.5 Å². The molecular weight excluding hydrogens is 592 g/mol. The molecule has 5 rings (SSSR count). The van der Waals surface area contributed by atoms with E-state index in [1.54, 1.807) is 35.2 Å². The van der Waals surface area contributed by atoms with Crippen molar-refractivity contribution in [2.75, 3.05) is 33.2 Å². The number of phosphoric acid groups is 2. The number of hydrogen-bond acceptors (Lipinski definition) is 12. The van der Waals surface area contributed by atoms with Gasteiger partial charge >= 0.3 is 15.6 Å². The molecule has 2 aromatic heterocycles. The number of anilines is 1. The number of imidazole rings is 1. The van der Waals surface area contributed by atoms with Gasteiger partial charge in [0.25, 0.3) is 0 Å². The van der Waals surface area contributed by atoms with Gasteiger partial charge in [-0.15, -0.1) is 0 Å². The maximum atomic E-state index is 12.8. The highest BCUT2D eigenvalue weighted by Gasteiger charge is 2.45. The van der Waals surface area contributed by atoms with Crippen LogP contribution in [0.1, 0.15) is 12.5 Å². The van der Waals surface area contributed by atoms with E-state index in [1.807, 2.05) is 0 Å². The maximum absolute atomic E-state index is 12.8. The molecule has 0 spiro atoms. The molecule has 0 saturated heterocycles. The average molecular weight is 621 g/mol. The third kappa shape index (κ3) is 7.01. The number of nitrogens with zero attached hydrogens (tertiary/aromatic N) is 4. The van der Waals surface area contributed by atoms with Gasteiger partial charge in [0, 0.05) is 12.0 Å². The molecule has 1 fully saturated rings. The van der Waals surface area contributed by atoms with Gasteiger partial charge in [-0.3, -0.25) is 18.8 Å². The van der Waals surface area contributed by atoms with Gasteiger partial charge in [-0.25, -0.2) is 19.1 Å². The topological polar surface area (TPSA) is 200 Å². The molecule has 1 aliphatic carbocycles. The second-order valence-electron chi connectivity index (χ2n) is 9.38. The number of ether oxygens (including phenoxy) is 2. The molecule has 0 bridgehead atoms. The van der Waals surface area contributed by atoms with Crippen molar-refractivity contribution < 1.29 is 46.5 Å². The molecule has 17 heteroatoms. The monoisotopic (exact) mass is 621 g/mol. The normalized spacial score (nSPS) is 21.1. The lowest BCUT2D eigenvalue weighted by Crippen LogP contribution is -2.43. The fraction of sp³-hybridized carbons (Fsp3) is 0.320. The number of methoxy groups -OCH3 is 2. The van der Waals surface area contributed by atoms with Gasteiger partial charge in [-0.2, -0.15) is 4.98 Å². The third-order valence-electron chi connectivity index (χ3n) is 6.78. The standard InChI is InChI=1S/C25H29N5O10P2/c1-35-17-3-7-19(8-4-17)39-41(31,32)37-13-16-11-23(30-15-28-22-12-27-25(26)29-24(22)30)21(16)14-38-42(33,34)40-20-9-5-18(36-2)6-10-20/h3-10,12,15-16,21,23H,11,13-14H2,1-2H3,(H,31,32)(H,33,34)(H2,26,27,29)/t16-,21+,23-/m1/s1. The predicted octanol–water partition coefficient (Wildman–Crippen LogP) is 3.99. The Morgan fingerprint density at radius 2 is 1.38 bits per heavy atom. The van der Waals surface area contributed by atoms with Crippen LogP contribution in [0.4, 0.5) is 5.95 Å². The Morgan fingerprint density at radius 3 is 1.93 bits per heavy atom. The zero-order valence-corrected chi connectivity index (χ0v) is 24.3. The Bertz CT molecular complexity index is 1620. The second kappa shape index (κ2) is 12.3. The average Bonchev–Trinajstić information content (AvgIpc) is 3.35. The lowest BCUT2D eigenvalue weighted by atomic mass is 9.70. The Balaban J connectivity index is 1.28. The fourth-order valence-corrected chi connectivity index (χ4v) is 6.20. The van der Waals surface area contributed by atoms with Crippen LogP contribution in [0.2, 0.25) is 0 Å². The van der Waals surface area contributed by atoms with Crippen LogP contribution in [0, 0.1) is 11.8 Å². The first-order chi connectivity index (χ1) is 20.1. The summed E-state index contributed by atoms with van der Waals surface area (Å²) in [6.07, 6.45) is 3.49. The molecule has 1 aliphatic rings. The van der Waals surface area contributed by atoms with Crippen LogP contribution in [-0.2, 0) is 18.2 Å². The Labute approximate surface area is 240 Å². The molecule has 224 valence electrons. The highest BCUT2D eigenvalue weighted by atomic mass is 31.2. The molecular formula is C25H29N5O10P2. The molecule has 5 atom stereocenters. The Morgan fingerprint density at radius 1 is 0.857 bits per heavy atom. The van der Waals surface area contributed by atoms with Gasteiger partial charge in [0.15, 0.2) is 5.65 Å². The first-order valence-electron chi connectivity index (χ1n) is 12.6. The molecule has 2 unspecified atom stereocenters. The SMILES string of the molecule is COc1ccc(OP(=O)(O)OC[C@H]2C[C@@H](n3cnc4cnc(N)nc43)[C@H]2COP(=O)(O)Oc2ccc(OC)cc2)cc1. The van der Waals surface area contributed by atoms with Crippen LogP contribution >= 0.6 is 15.6 Å². The molecule has 1 saturated carbocycles. The fourth-order valence-electron chi connectivity index (χ4n) is 4.58. The molecule has 15 nitrogen and oxygen atoms in total. The maximum Gasteiger partial charge on any atom is 0.527 e. The van der Waals surface area contributed by atoms with E-state index < -0.39 is 21.6 Å². The molecule has 0 radical (unpaired) electrons. The minimum Gasteiger partial charge on any atom is -0.497 e. The number of nitrogens with two attached hydrogens (primary N) is 1. The van der Waals surface area contributed by atoms with Crippen molar-refractivity contribution in [3.8, 4) is 23.0 Å². The van der Waals surface area contributed by atoms with E-state index in [9.17, 15) is 18.9 Å². The molecule has 2 aromatic carbocycles. The number of phosphoric ester groups is 2. The van der Waals surface area contributed by atoms with Gasteiger partial charge in [0.05, 0.1) is 40.0 Å². The lowest BCUT2D eigenvalue weighted by molar-refractivity contribution is -0.00444. The number of fused-ring (bicyclic) bond motifs is 1. The zero-order valence-electron chi connectivity index (χ0n) is 22.5. The smallest absolute Gasteiger partial charge is 0.497 e. The number of benzene rings is 2. The van der Waals surface area contributed by atoms with Crippen molar-refractivity contribution in [1.29, 1.82) is 0 Å². The first-order valence-corrected chi connectivity index (χ1v) is 15.6. The summed E-state index contributed by atoms with van der Waals surface area (Å²) in [4.78, 5) is 33.3. The van der Waals surface area contributed by atoms with E-state index in [-0.39, 0.29) is 42.6 Å². The van der Waals surface area contributed by atoms with Crippen molar-refractivity contribution in [3.05, 3.63) is 61.1 Å². The van der Waals surface area contributed by atoms with Crippen molar-refractivity contribution in [2.24, 2.45) is 11.8 Å². The van der Waals surface area contributed by atoms with E-state index in [4.69, 9.17) is 33.3 Å². The molecule has 42 heavy (non-hydrogen) atoms. The number of hydrogen-bond donors (Lipinski definition) is 3. The Hall–Kier alpha value is -3.71. The molecule has 0 amide bonds. The van der Waals surface area contributed by atoms with Crippen molar-refractivity contribution in [3.63, 3.8) is 0 Å². The molecule has 2 heterocycles. The summed E-state index contributed by atoms with van der Waals surface area (Å²) in [6.45, 7) is -0.453. The predicted molar refractivity (Wildman–Crippen MR) is 149 cm³/mol. The van der Waals surface area contributed by atoms with Crippen LogP contribution in [0.3, 0.4) is 0 Å². The summed E-state index contributed by atoms with van der Waals surface area (Å²) in [5.74, 6) is 0.539. The van der Waals surface area contributed by atoms with Gasteiger partial charge in [0.2, 0.25) is 5.95 Å². The molecule has 4 N–H and O–H groups in total. The van der Waals surface area contributed by atoms with Gasteiger partial charge in [-0.05, 0) is 60.9 Å². The van der Waals surface area contributed by atoms with Gasteiger partial charge < -0.3 is 28.8 Å². The van der Waals surface area contributed by atoms with Crippen LogP contribution in [0.25, 0.3) is 11.2 Å². The largest absolute Gasteiger partial charge is 0.527 e. The highest BCUT2D eigenvalue weighted by molar-refractivity contribution is 7.48. The number of rotatable bonds is 13. The summed E-state index contributed by atoms with van der Waals surface area (Å²) < 4.78 is 58.4. The van der Waals surface area contributed by atoms with Crippen LogP contribution < -0.4 is 24.3 Å². The summed E-state index contributed by atoms with van der Waals surface area (Å²) >= 11 is 0. The summed E-state index contributed by atoms with van der Waals surface area (Å²) in [7, 11) is -6.06. The molecule has 0 aliphatic heterocycles. The number of aromatic nitrogens is 4. The lowest BCUT2D eigenvalue weighted by Gasteiger charge is -2.45. The van der Waals surface area contributed by atoms with E-state index in [0.29, 0.717) is 29.1 Å². The molecule has 4 aromatic rings. The van der Waals surface area contributed by atoms with Gasteiger partial charge in [-0.1, -0.05) is 0 Å². The summed E-state index contributed by atoms with van der Waals surface area (Å²) in [5.41, 5.74) is 6.75. The van der Waals surface area contributed by atoms with Crippen LogP contribution in [0.5, 0.6) is 23.0 Å². The minimum atomic E-state index is -4.55. The minimum absolute atomic E-state index is 0.0564. The quantitative estimate of drug-likeness (QED) is 0.181. The van der Waals surface area contributed by atoms with E-state index in [2.05, 4.69) is 15.0 Å². The first kappa shape index (κ1) is 29.8. The highest BCUT2D eigenvalue weighted by Crippen LogP contribution is 2.52. The van der Waals surface area contributed by atoms with Crippen molar-refractivity contribution in [1.82, 2.24) is 19.5 Å². The summed E-state index contributed by atoms with van der Waals surface area (Å²) in [5, 5.41) is 0. The second-order valence-corrected chi connectivity index (χ2v) is 12.1. The van der Waals surface area contributed by atoms with E-state index in [1.165, 1.54) is 44.7 Å². The number of nitrogen functional groups attached to an aromatic ring is 1. The van der Waals surface area contributed by atoms with E-state index in [0.717, 1.165) is 0 Å².